The topological polar surface area (TPSA) is 84.4 Å². The van der Waals surface area contributed by atoms with Gasteiger partial charge in [0.2, 0.25) is 17.7 Å². The molecule has 1 aromatic heterocycles. The highest BCUT2D eigenvalue weighted by atomic mass is 16.5. The minimum Gasteiger partial charge on any atom is -0.473 e. The maximum atomic E-state index is 12.7. The Labute approximate surface area is 164 Å². The number of aromatic nitrogens is 2. The Morgan fingerprint density at radius 1 is 1.11 bits per heavy atom. The second kappa shape index (κ2) is 8.37. The van der Waals surface area contributed by atoms with Crippen molar-refractivity contribution in [3.8, 4) is 5.88 Å². The van der Waals surface area contributed by atoms with Gasteiger partial charge in [0.15, 0.2) is 0 Å². The highest BCUT2D eigenvalue weighted by Crippen LogP contribution is 2.26. The van der Waals surface area contributed by atoms with Gasteiger partial charge in [-0.25, -0.2) is 4.98 Å². The lowest BCUT2D eigenvalue weighted by molar-refractivity contribution is -0.127. The van der Waals surface area contributed by atoms with Gasteiger partial charge >= 0.3 is 0 Å². The molecule has 28 heavy (non-hydrogen) atoms. The van der Waals surface area contributed by atoms with E-state index in [-0.39, 0.29) is 36.3 Å². The summed E-state index contributed by atoms with van der Waals surface area (Å²) in [6, 6.07) is 9.65. The molecule has 1 N–H and O–H groups in total. The lowest BCUT2D eigenvalue weighted by atomic mass is 9.92. The van der Waals surface area contributed by atoms with Crippen LogP contribution in [0.4, 0.5) is 5.69 Å². The molecule has 1 saturated heterocycles. The Bertz CT molecular complexity index is 807. The van der Waals surface area contributed by atoms with Gasteiger partial charge in [-0.05, 0) is 37.8 Å². The van der Waals surface area contributed by atoms with Crippen molar-refractivity contribution in [2.75, 3.05) is 11.4 Å². The van der Waals surface area contributed by atoms with Gasteiger partial charge < -0.3 is 15.0 Å². The number of hydrogen-bond acceptors (Lipinski definition) is 5. The Morgan fingerprint density at radius 3 is 2.61 bits per heavy atom. The first-order chi connectivity index (χ1) is 13.7. The molecular weight excluding hydrogens is 356 g/mol. The summed E-state index contributed by atoms with van der Waals surface area (Å²) in [4.78, 5) is 34.8. The summed E-state index contributed by atoms with van der Waals surface area (Å²) in [5.41, 5.74) is 0.851. The second-order valence-electron chi connectivity index (χ2n) is 7.38. The lowest BCUT2D eigenvalue weighted by Crippen LogP contribution is -2.43. The number of amides is 2. The molecule has 2 heterocycles. The smallest absolute Gasteiger partial charge is 0.232 e. The minimum atomic E-state index is -0.290. The van der Waals surface area contributed by atoms with Crippen molar-refractivity contribution in [1.82, 2.24) is 15.3 Å². The molecule has 4 rings (SSSR count). The van der Waals surface area contributed by atoms with E-state index in [1.807, 2.05) is 30.3 Å². The fourth-order valence-corrected chi connectivity index (χ4v) is 3.90. The van der Waals surface area contributed by atoms with E-state index in [0.29, 0.717) is 12.4 Å². The Morgan fingerprint density at radius 2 is 1.89 bits per heavy atom. The molecule has 1 saturated carbocycles. The van der Waals surface area contributed by atoms with Crippen LogP contribution in [-0.2, 0) is 9.59 Å². The zero-order valence-corrected chi connectivity index (χ0v) is 15.7. The summed E-state index contributed by atoms with van der Waals surface area (Å²) in [5.74, 6) is 0.235. The molecule has 146 valence electrons. The van der Waals surface area contributed by atoms with Crippen LogP contribution in [0.5, 0.6) is 5.88 Å². The van der Waals surface area contributed by atoms with Gasteiger partial charge in [-0.1, -0.05) is 18.2 Å². The molecule has 1 aliphatic heterocycles. The third-order valence-corrected chi connectivity index (χ3v) is 5.41. The zero-order valence-electron chi connectivity index (χ0n) is 15.7. The number of hydrogen-bond donors (Lipinski definition) is 1. The van der Waals surface area contributed by atoms with Crippen molar-refractivity contribution in [3.05, 3.63) is 48.9 Å². The highest BCUT2D eigenvalue weighted by molar-refractivity contribution is 6.00. The first kappa shape index (κ1) is 18.4. The van der Waals surface area contributed by atoms with Crippen molar-refractivity contribution in [2.45, 2.75) is 44.2 Å². The molecule has 2 aromatic rings. The van der Waals surface area contributed by atoms with Crippen LogP contribution in [0.15, 0.2) is 48.9 Å². The molecule has 0 radical (unpaired) electrons. The van der Waals surface area contributed by atoms with Crippen LogP contribution in [0.3, 0.4) is 0 Å². The second-order valence-corrected chi connectivity index (χ2v) is 7.38. The fraction of sp³-hybridized carbons (Fsp3) is 0.429. The maximum Gasteiger partial charge on any atom is 0.232 e. The number of para-hydroxylation sites is 1. The van der Waals surface area contributed by atoms with E-state index < -0.39 is 0 Å². The molecule has 0 unspecified atom stereocenters. The van der Waals surface area contributed by atoms with Gasteiger partial charge in [-0.15, -0.1) is 0 Å². The van der Waals surface area contributed by atoms with E-state index in [1.165, 1.54) is 0 Å². The molecule has 2 fully saturated rings. The Hall–Kier alpha value is -2.96. The van der Waals surface area contributed by atoms with Crippen molar-refractivity contribution in [1.29, 1.82) is 0 Å². The number of anilines is 1. The van der Waals surface area contributed by atoms with Gasteiger partial charge in [0.05, 0.1) is 12.1 Å². The average molecular weight is 380 g/mol. The van der Waals surface area contributed by atoms with E-state index in [0.717, 1.165) is 31.4 Å². The number of benzene rings is 1. The molecule has 7 nitrogen and oxygen atoms in total. The fourth-order valence-electron chi connectivity index (χ4n) is 3.90. The lowest BCUT2D eigenvalue weighted by Gasteiger charge is -2.29. The Balaban J connectivity index is 1.25. The molecule has 2 amide bonds. The van der Waals surface area contributed by atoms with E-state index in [9.17, 15) is 9.59 Å². The first-order valence-electron chi connectivity index (χ1n) is 9.77. The van der Waals surface area contributed by atoms with Crippen LogP contribution in [0, 0.1) is 5.92 Å². The summed E-state index contributed by atoms with van der Waals surface area (Å²) in [5, 5.41) is 3.14. The largest absolute Gasteiger partial charge is 0.473 e. The van der Waals surface area contributed by atoms with Crippen molar-refractivity contribution < 1.29 is 14.3 Å². The van der Waals surface area contributed by atoms with Crippen molar-refractivity contribution in [2.24, 2.45) is 5.92 Å². The molecule has 0 spiro atoms. The van der Waals surface area contributed by atoms with Gasteiger partial charge in [0, 0.05) is 37.1 Å². The van der Waals surface area contributed by atoms with Crippen LogP contribution in [0.2, 0.25) is 0 Å². The van der Waals surface area contributed by atoms with E-state index in [2.05, 4.69) is 15.3 Å². The highest BCUT2D eigenvalue weighted by Gasteiger charge is 2.36. The summed E-state index contributed by atoms with van der Waals surface area (Å²) >= 11 is 0. The standard InChI is InChI=1S/C21H24N4O3/c26-20-12-15(14-25(20)17-4-2-1-3-5-17)21(27)24-16-6-8-18(9-7-16)28-19-13-22-10-11-23-19/h1-5,10-11,13,15-16,18H,6-9,12,14H2,(H,24,27)/t15-,16?,18?/m1/s1. The van der Waals surface area contributed by atoms with Crippen LogP contribution in [0.25, 0.3) is 0 Å². The summed E-state index contributed by atoms with van der Waals surface area (Å²) < 4.78 is 5.85. The monoisotopic (exact) mass is 380 g/mol. The average Bonchev–Trinajstić information content (AvgIpc) is 3.13. The number of ether oxygens (including phenoxy) is 1. The zero-order chi connectivity index (χ0) is 19.3. The normalized spacial score (nSPS) is 24.8. The van der Waals surface area contributed by atoms with Crippen LogP contribution in [0.1, 0.15) is 32.1 Å². The van der Waals surface area contributed by atoms with E-state index in [4.69, 9.17) is 4.74 Å². The molecule has 1 atom stereocenters. The molecule has 0 bridgehead atoms. The van der Waals surface area contributed by atoms with Gasteiger partial charge in [-0.2, -0.15) is 0 Å². The molecule has 1 aliphatic carbocycles. The van der Waals surface area contributed by atoms with E-state index >= 15 is 0 Å². The van der Waals surface area contributed by atoms with Crippen LogP contribution in [-0.4, -0.2) is 40.5 Å². The first-order valence-corrected chi connectivity index (χ1v) is 9.77. The van der Waals surface area contributed by atoms with Crippen LogP contribution < -0.4 is 15.0 Å². The third-order valence-electron chi connectivity index (χ3n) is 5.41. The number of carbonyl (C=O) groups is 2. The number of nitrogens with zero attached hydrogens (tertiary/aromatic N) is 3. The van der Waals surface area contributed by atoms with Crippen molar-refractivity contribution in [3.63, 3.8) is 0 Å². The van der Waals surface area contributed by atoms with Crippen molar-refractivity contribution >= 4 is 17.5 Å². The predicted molar refractivity (Wildman–Crippen MR) is 104 cm³/mol. The minimum absolute atomic E-state index is 0.00688. The van der Waals surface area contributed by atoms with E-state index in [1.54, 1.807) is 23.5 Å². The summed E-state index contributed by atoms with van der Waals surface area (Å²) in [7, 11) is 0. The quantitative estimate of drug-likeness (QED) is 0.861. The maximum absolute atomic E-state index is 12.7. The summed E-state index contributed by atoms with van der Waals surface area (Å²) in [6.45, 7) is 0.444. The predicted octanol–water partition coefficient (Wildman–Crippen LogP) is 2.34. The third kappa shape index (κ3) is 4.30. The molecule has 7 heteroatoms. The molecule has 1 aromatic carbocycles. The Kier molecular flexibility index (Phi) is 5.50. The van der Waals surface area contributed by atoms with Gasteiger partial charge in [-0.3, -0.25) is 14.6 Å². The number of carbonyl (C=O) groups excluding carboxylic acids is 2. The number of rotatable bonds is 5. The number of nitrogens with one attached hydrogen (secondary N) is 1. The molecular formula is C21H24N4O3. The SMILES string of the molecule is O=C(NC1CCC(Oc2cnccn2)CC1)[C@@H]1CC(=O)N(c2ccccc2)C1. The molecule has 2 aliphatic rings. The van der Waals surface area contributed by atoms with Crippen LogP contribution >= 0.6 is 0 Å². The summed E-state index contributed by atoms with van der Waals surface area (Å²) in [6.07, 6.45) is 8.66. The van der Waals surface area contributed by atoms with Gasteiger partial charge in [0.1, 0.15) is 6.10 Å². The van der Waals surface area contributed by atoms with Gasteiger partial charge in [0.25, 0.3) is 0 Å².